The Balaban J connectivity index is 0.000000124. The number of nitrogens with one attached hydrogen (secondary N) is 5. The van der Waals surface area contributed by atoms with Crippen molar-refractivity contribution in [2.24, 2.45) is 0 Å². The van der Waals surface area contributed by atoms with Crippen molar-refractivity contribution in [3.8, 4) is 5.75 Å². The molecule has 5 aliphatic carbocycles. The second kappa shape index (κ2) is 41.0. The molecule has 5 N–H and O–H groups in total. The van der Waals surface area contributed by atoms with Crippen molar-refractivity contribution in [2.75, 3.05) is 7.11 Å². The summed E-state index contributed by atoms with van der Waals surface area (Å²) in [7, 11) is 1.54. The zero-order chi connectivity index (χ0) is 95.9. The Morgan fingerprint density at radius 2 is 0.445 bits per heavy atom. The highest BCUT2D eigenvalue weighted by Crippen LogP contribution is 2.39. The minimum atomic E-state index is -0.584. The zero-order valence-electron chi connectivity index (χ0n) is 73.2. The second-order valence-electron chi connectivity index (χ2n) is 31.2. The second-order valence-corrected chi connectivity index (χ2v) is 31.2. The van der Waals surface area contributed by atoms with E-state index < -0.39 is 41.1 Å². The van der Waals surface area contributed by atoms with E-state index in [1.807, 2.05) is 49.4 Å². The number of hydrogen-bond donors (Lipinski definition) is 5. The first-order valence-corrected chi connectivity index (χ1v) is 42.9. The molecule has 23 heteroatoms. The van der Waals surface area contributed by atoms with Gasteiger partial charge in [-0.2, -0.15) is 0 Å². The summed E-state index contributed by atoms with van der Waals surface area (Å²) < 4.78 is 15.5. The van der Waals surface area contributed by atoms with Crippen molar-refractivity contribution in [2.45, 2.75) is 13.8 Å². The standard InChI is InChI=1S/C24H17NO4.C24H17NO3.C23H15NO3.C22H15NO4.C21H13NO4/c1-29-17-13-11-16(12-14-17)24(28)25-21-20(15-7-3-2-4-8-15)22(26)18-9-5-6-10-19(18)23(21)27;1-15-11-13-17(14-12-15)24(28)25-21-20(16-7-3-2-4-8-16)22(26)18-9-5-6-10-19(18)23(21)27;25-21-17-13-7-8-14-18(17)22(26)20(19(21)15-9-3-1-4-10-15)24-23(27)16-11-5-2-6-12-16;1-13-11-12-17(27-13)22(26)23-19-18(14-7-3-2-4-8-14)20(24)15-9-5-6-10-16(15)21(19)25;23-19-14-9-4-5-10-15(14)20(24)18(17(19)13-7-2-1-3-8-13)22-21(25)16-11-6-12-26-16/h2-14H,1H3,(H,25,28);2-14H,1H3,(H,25,28);1-14H,(H,24,27);2-12H,1H3,(H,23,26);1-12H,(H,22,25). The third-order valence-electron chi connectivity index (χ3n) is 22.5. The van der Waals surface area contributed by atoms with Gasteiger partial charge >= 0.3 is 0 Å². The summed E-state index contributed by atoms with van der Waals surface area (Å²) in [5.74, 6) is -4.55. The van der Waals surface area contributed by atoms with Crippen molar-refractivity contribution in [1.82, 2.24) is 26.6 Å². The summed E-state index contributed by atoms with van der Waals surface area (Å²) in [4.78, 5) is 194. The number of furan rings is 2. The minimum Gasteiger partial charge on any atom is -0.497 e. The Kier molecular flexibility index (Phi) is 27.3. The highest BCUT2D eigenvalue weighted by Gasteiger charge is 2.40. The highest BCUT2D eigenvalue weighted by molar-refractivity contribution is 6.45. The van der Waals surface area contributed by atoms with Crippen LogP contribution in [0.2, 0.25) is 0 Å². The molecular weight excluding hydrogens is 1730 g/mol. The van der Waals surface area contributed by atoms with Gasteiger partial charge in [-0.05, 0) is 114 Å². The lowest BCUT2D eigenvalue weighted by Crippen LogP contribution is -2.33. The predicted octanol–water partition coefficient (Wildman–Crippen LogP) is 19.3. The number of amides is 5. The number of ketones is 10. The number of ether oxygens (including phenoxy) is 1. The van der Waals surface area contributed by atoms with Gasteiger partial charge in [0.15, 0.2) is 40.4 Å². The van der Waals surface area contributed by atoms with Gasteiger partial charge in [-0.1, -0.05) is 309 Å². The molecule has 666 valence electrons. The fourth-order valence-electron chi connectivity index (χ4n) is 15.8. The number of methoxy groups -OCH3 is 1. The summed E-state index contributed by atoms with van der Waals surface area (Å²) in [6.07, 6.45) is 1.37. The molecule has 0 bridgehead atoms. The van der Waals surface area contributed by atoms with Crippen LogP contribution in [0, 0.1) is 13.8 Å². The van der Waals surface area contributed by atoms with Crippen LogP contribution in [0.4, 0.5) is 0 Å². The number of hydrogen-bond acceptors (Lipinski definition) is 18. The molecule has 2 aromatic heterocycles. The number of allylic oxidation sites excluding steroid dienone is 10. The van der Waals surface area contributed by atoms with Crippen molar-refractivity contribution < 1.29 is 85.5 Å². The van der Waals surface area contributed by atoms with E-state index in [1.54, 1.807) is 328 Å². The summed E-state index contributed by atoms with van der Waals surface area (Å²) in [5, 5.41) is 13.2. The lowest BCUT2D eigenvalue weighted by atomic mass is 9.84. The van der Waals surface area contributed by atoms with E-state index in [1.165, 1.54) is 25.5 Å². The van der Waals surface area contributed by atoms with Crippen molar-refractivity contribution in [3.63, 3.8) is 0 Å². The fourth-order valence-corrected chi connectivity index (χ4v) is 15.8. The summed E-state index contributed by atoms with van der Waals surface area (Å²) in [6.45, 7) is 3.65. The smallest absolute Gasteiger partial charge is 0.291 e. The molecule has 0 spiro atoms. The average molecular weight is 1800 g/mol. The van der Waals surface area contributed by atoms with E-state index in [4.69, 9.17) is 13.6 Å². The molecule has 0 radical (unpaired) electrons. The quantitative estimate of drug-likeness (QED) is 0.0600. The first-order valence-electron chi connectivity index (χ1n) is 42.9. The minimum absolute atomic E-state index is 0.0127. The van der Waals surface area contributed by atoms with Crippen LogP contribution in [0.1, 0.15) is 195 Å². The van der Waals surface area contributed by atoms with Crippen LogP contribution in [0.25, 0.3) is 27.9 Å². The van der Waals surface area contributed by atoms with Gasteiger partial charge in [0.25, 0.3) is 29.5 Å². The Bertz CT molecular complexity index is 7600. The van der Waals surface area contributed by atoms with E-state index in [0.717, 1.165) is 5.56 Å². The summed E-state index contributed by atoms with van der Waals surface area (Å²) in [5.41, 5.74) is 9.10. The van der Waals surface area contributed by atoms with Crippen molar-refractivity contribution >= 4 is 115 Å². The number of carbonyl (C=O) groups excluding carboxylic acids is 15. The van der Waals surface area contributed by atoms with Gasteiger partial charge in [0.05, 0.1) is 41.2 Å². The third kappa shape index (κ3) is 19.4. The van der Waals surface area contributed by atoms with Crippen LogP contribution in [0.15, 0.2) is 420 Å². The van der Waals surface area contributed by atoms with E-state index in [2.05, 4.69) is 26.6 Å². The molecule has 137 heavy (non-hydrogen) atoms. The molecule has 0 aliphatic heterocycles. The lowest BCUT2D eigenvalue weighted by molar-refractivity contribution is 0.0905. The molecule has 13 aromatic carbocycles. The molecule has 0 saturated carbocycles. The van der Waals surface area contributed by atoms with Crippen molar-refractivity contribution in [3.05, 3.63) is 534 Å². The van der Waals surface area contributed by atoms with E-state index in [0.29, 0.717) is 95.0 Å². The first kappa shape index (κ1) is 91.3. The number of carbonyl (C=O) groups is 15. The van der Waals surface area contributed by atoms with Crippen molar-refractivity contribution in [1.29, 1.82) is 0 Å². The third-order valence-corrected chi connectivity index (χ3v) is 22.5. The van der Waals surface area contributed by atoms with Crippen LogP contribution in [0.5, 0.6) is 5.75 Å². The SMILES string of the molecule is COc1ccc(C(=O)NC2=C(c3ccccc3)C(=O)c3ccccc3C2=O)cc1.Cc1ccc(C(=O)NC2=C(c3ccccc3)C(=O)c3ccccc3C2=O)cc1.Cc1ccc(C(=O)NC2=C(c3ccccc3)C(=O)c3ccccc3C2=O)o1.O=C(NC1=C(c2ccccc2)C(=O)c2ccccc2C1=O)c1ccccc1.O=C(NC1=C(c2ccccc2)C(=O)c2ccccc2C1=O)c1ccco1. The van der Waals surface area contributed by atoms with Gasteiger partial charge in [0.2, 0.25) is 28.9 Å². The topological polar surface area (TPSA) is 352 Å². The van der Waals surface area contributed by atoms with Crippen LogP contribution in [0.3, 0.4) is 0 Å². The number of benzene rings is 13. The van der Waals surface area contributed by atoms with Gasteiger partial charge in [-0.25, -0.2) is 0 Å². The molecule has 5 amide bonds. The number of Topliss-reactive ketones (excluding diaryl/α,β-unsaturated/α-hetero) is 10. The molecule has 0 atom stereocenters. The zero-order valence-corrected chi connectivity index (χ0v) is 73.2. The molecule has 5 aliphatic rings. The lowest BCUT2D eigenvalue weighted by Gasteiger charge is -2.21. The van der Waals surface area contributed by atoms with Gasteiger partial charge in [-0.3, -0.25) is 71.9 Å². The molecule has 20 rings (SSSR count). The maximum absolute atomic E-state index is 13.2. The average Bonchev–Trinajstić information content (AvgIpc) is 0.884. The largest absolute Gasteiger partial charge is 0.497 e. The Hall–Kier alpha value is -19.0. The van der Waals surface area contributed by atoms with E-state index in [9.17, 15) is 71.9 Å². The van der Waals surface area contributed by atoms with Gasteiger partial charge in [0.1, 0.15) is 40.0 Å². The van der Waals surface area contributed by atoms with E-state index >= 15 is 0 Å². The maximum atomic E-state index is 13.2. The Morgan fingerprint density at radius 3 is 0.686 bits per heavy atom. The van der Waals surface area contributed by atoms with Crippen LogP contribution < -0.4 is 31.3 Å². The maximum Gasteiger partial charge on any atom is 0.291 e. The van der Waals surface area contributed by atoms with Gasteiger partial charge < -0.3 is 40.2 Å². The highest BCUT2D eigenvalue weighted by atomic mass is 16.5. The van der Waals surface area contributed by atoms with Crippen LogP contribution in [-0.2, 0) is 0 Å². The molecule has 0 fully saturated rings. The van der Waals surface area contributed by atoms with Crippen LogP contribution in [-0.4, -0.2) is 94.5 Å². The molecule has 23 nitrogen and oxygen atoms in total. The predicted molar refractivity (Wildman–Crippen MR) is 512 cm³/mol. The molecule has 0 saturated heterocycles. The van der Waals surface area contributed by atoms with Crippen LogP contribution >= 0.6 is 0 Å². The number of aryl methyl sites for hydroxylation is 2. The number of rotatable bonds is 16. The molecule has 15 aromatic rings. The molecule has 0 unspecified atom stereocenters. The normalized spacial score (nSPS) is 13.4. The monoisotopic (exact) mass is 1800 g/mol. The Labute approximate surface area is 783 Å². The Morgan fingerprint density at radius 1 is 0.219 bits per heavy atom. The fraction of sp³-hybridized carbons (Fsp3) is 0.0263. The molecule has 2 heterocycles. The van der Waals surface area contributed by atoms with Gasteiger partial charge in [0, 0.05) is 72.3 Å². The first-order chi connectivity index (χ1) is 66.5. The van der Waals surface area contributed by atoms with Gasteiger partial charge in [-0.15, -0.1) is 0 Å². The number of fused-ring (bicyclic) bond motifs is 5. The summed E-state index contributed by atoms with van der Waals surface area (Å²) in [6, 6.07) is 106. The summed E-state index contributed by atoms with van der Waals surface area (Å²) >= 11 is 0. The van der Waals surface area contributed by atoms with E-state index in [-0.39, 0.29) is 131 Å². The molecular formula is C114H77N5O18.